The number of nitrogens with zero attached hydrogens (tertiary/aromatic N) is 2. The lowest BCUT2D eigenvalue weighted by molar-refractivity contribution is 0.211. The number of anilines is 1. The lowest BCUT2D eigenvalue weighted by Gasteiger charge is -2.23. The number of carbonyl (C=O) groups is 1. The molecule has 2 heterocycles. The van der Waals surface area contributed by atoms with Gasteiger partial charge < -0.3 is 29.8 Å². The molecule has 0 aliphatic rings. The van der Waals surface area contributed by atoms with Crippen molar-refractivity contribution in [3.63, 3.8) is 0 Å². The maximum absolute atomic E-state index is 13.2. The molecule has 4 aromatic rings. The summed E-state index contributed by atoms with van der Waals surface area (Å²) in [5.74, 6) is 1.30. The van der Waals surface area contributed by atoms with Gasteiger partial charge in [-0.3, -0.25) is 0 Å². The molecule has 0 saturated heterocycles. The van der Waals surface area contributed by atoms with Crippen LogP contribution in [0.5, 0.6) is 11.5 Å². The first-order valence-electron chi connectivity index (χ1n) is 11.6. The number of methoxy groups -OCH3 is 1. The van der Waals surface area contributed by atoms with Crippen LogP contribution in [0.25, 0.3) is 22.2 Å². The van der Waals surface area contributed by atoms with Crippen molar-refractivity contribution in [3.05, 3.63) is 72.6 Å². The topological polar surface area (TPSA) is 99.7 Å². The van der Waals surface area contributed by atoms with Crippen molar-refractivity contribution >= 4 is 22.8 Å². The zero-order valence-corrected chi connectivity index (χ0v) is 20.0. The van der Waals surface area contributed by atoms with Crippen LogP contribution in [-0.4, -0.2) is 52.9 Å². The molecule has 8 heteroatoms. The molecule has 2 amide bonds. The predicted octanol–water partition coefficient (Wildman–Crippen LogP) is 5.05. The van der Waals surface area contributed by atoms with Crippen LogP contribution in [0.2, 0.25) is 0 Å². The summed E-state index contributed by atoms with van der Waals surface area (Å²) in [6.07, 6.45) is 4.11. The number of nitrogens with one attached hydrogen (secondary N) is 2. The molecule has 0 atom stereocenters. The van der Waals surface area contributed by atoms with Crippen LogP contribution < -0.4 is 14.8 Å². The lowest BCUT2D eigenvalue weighted by Crippen LogP contribution is -2.34. The van der Waals surface area contributed by atoms with Gasteiger partial charge in [-0.05, 0) is 60.0 Å². The maximum Gasteiger partial charge on any atom is 0.322 e. The number of urea groups is 1. The summed E-state index contributed by atoms with van der Waals surface area (Å²) in [6, 6.07) is 17.1. The summed E-state index contributed by atoms with van der Waals surface area (Å²) in [5.41, 5.74) is 4.30. The zero-order valence-electron chi connectivity index (χ0n) is 20.0. The first-order valence-corrected chi connectivity index (χ1v) is 11.6. The number of rotatable bonds is 10. The van der Waals surface area contributed by atoms with Crippen LogP contribution in [0.1, 0.15) is 18.9 Å². The van der Waals surface area contributed by atoms with Crippen molar-refractivity contribution in [2.45, 2.75) is 19.9 Å². The number of aliphatic hydroxyl groups is 1. The second kappa shape index (κ2) is 11.4. The van der Waals surface area contributed by atoms with E-state index in [2.05, 4.69) is 15.3 Å². The fourth-order valence-corrected chi connectivity index (χ4v) is 3.88. The fraction of sp³-hybridized carbons (Fsp3) is 0.259. The number of hydrogen-bond donors (Lipinski definition) is 3. The lowest BCUT2D eigenvalue weighted by atomic mass is 10.0. The molecule has 3 N–H and O–H groups in total. The Morgan fingerprint density at radius 2 is 2.06 bits per heavy atom. The molecule has 0 spiro atoms. The van der Waals surface area contributed by atoms with Crippen molar-refractivity contribution in [1.82, 2.24) is 14.9 Å². The van der Waals surface area contributed by atoms with Crippen molar-refractivity contribution in [2.75, 3.05) is 32.2 Å². The fourth-order valence-electron chi connectivity index (χ4n) is 3.88. The molecule has 0 aliphatic carbocycles. The Morgan fingerprint density at radius 3 is 2.86 bits per heavy atom. The summed E-state index contributed by atoms with van der Waals surface area (Å²) < 4.78 is 11.3. The average Bonchev–Trinajstić information content (AvgIpc) is 3.37. The summed E-state index contributed by atoms with van der Waals surface area (Å²) in [5, 5.41) is 13.2. The van der Waals surface area contributed by atoms with Crippen molar-refractivity contribution in [2.24, 2.45) is 0 Å². The molecule has 8 nitrogen and oxygen atoms in total. The molecule has 2 aromatic heterocycles. The Hall–Kier alpha value is -4.04. The Balaban J connectivity index is 1.58. The van der Waals surface area contributed by atoms with Crippen LogP contribution in [0.4, 0.5) is 10.5 Å². The molecule has 0 radical (unpaired) electrons. The van der Waals surface area contributed by atoms with Gasteiger partial charge in [-0.1, -0.05) is 18.2 Å². The predicted molar refractivity (Wildman–Crippen MR) is 137 cm³/mol. The van der Waals surface area contributed by atoms with Gasteiger partial charge in [0.2, 0.25) is 0 Å². The monoisotopic (exact) mass is 474 g/mol. The number of amides is 2. The SMILES string of the molecule is CCN(Cc1cccc(OC)c1)C(=O)Nc1ccc(-c2ccnc3[nH]ccc23)cc1OCCCO. The van der Waals surface area contributed by atoms with Gasteiger partial charge in [0.15, 0.2) is 0 Å². The Morgan fingerprint density at radius 1 is 1.17 bits per heavy atom. The van der Waals surface area contributed by atoms with Gasteiger partial charge in [-0.15, -0.1) is 0 Å². The number of H-pyrrole nitrogens is 1. The molecule has 0 bridgehead atoms. The van der Waals surface area contributed by atoms with E-state index in [1.54, 1.807) is 18.2 Å². The van der Waals surface area contributed by atoms with Crippen molar-refractivity contribution < 1.29 is 19.4 Å². The summed E-state index contributed by atoms with van der Waals surface area (Å²) in [4.78, 5) is 22.4. The molecule has 2 aromatic carbocycles. The van der Waals surface area contributed by atoms with Gasteiger partial charge in [0.05, 0.1) is 19.4 Å². The third-order valence-corrected chi connectivity index (χ3v) is 5.73. The molecule has 35 heavy (non-hydrogen) atoms. The minimum absolute atomic E-state index is 0.0276. The first kappa shape index (κ1) is 24.1. The second-order valence-electron chi connectivity index (χ2n) is 8.03. The third kappa shape index (κ3) is 5.73. The zero-order chi connectivity index (χ0) is 24.6. The standard InChI is InChI=1S/C27H30N4O4/c1-3-31(18-19-6-4-7-21(16-19)34-2)27(33)30-24-9-8-20(17-25(24)35-15-5-14-32)22-10-12-28-26-23(22)11-13-29-26/h4,6-13,16-17,32H,3,5,14-15,18H2,1-2H3,(H,28,29)(H,30,33). The summed E-state index contributed by atoms with van der Waals surface area (Å²) in [7, 11) is 1.62. The van der Waals surface area contributed by atoms with Crippen molar-refractivity contribution in [3.8, 4) is 22.6 Å². The Bertz CT molecular complexity index is 1290. The Labute approximate surface area is 204 Å². The number of fused-ring (bicyclic) bond motifs is 1. The normalized spacial score (nSPS) is 10.8. The molecular formula is C27H30N4O4. The van der Waals surface area contributed by atoms with Crippen LogP contribution in [0.15, 0.2) is 67.0 Å². The highest BCUT2D eigenvalue weighted by Crippen LogP contribution is 2.34. The highest BCUT2D eigenvalue weighted by Gasteiger charge is 2.17. The van der Waals surface area contributed by atoms with Gasteiger partial charge in [0.25, 0.3) is 0 Å². The number of aliphatic hydroxyl groups excluding tert-OH is 1. The van der Waals surface area contributed by atoms with Gasteiger partial charge in [0.1, 0.15) is 17.1 Å². The highest BCUT2D eigenvalue weighted by atomic mass is 16.5. The van der Waals surface area contributed by atoms with E-state index in [-0.39, 0.29) is 12.6 Å². The van der Waals surface area contributed by atoms with Gasteiger partial charge >= 0.3 is 6.03 Å². The quantitative estimate of drug-likeness (QED) is 0.279. The number of pyridine rings is 1. The van der Waals surface area contributed by atoms with E-state index in [0.29, 0.717) is 37.6 Å². The molecule has 0 fully saturated rings. The third-order valence-electron chi connectivity index (χ3n) is 5.73. The average molecular weight is 475 g/mol. The van der Waals surface area contributed by atoms with Gasteiger partial charge in [0, 0.05) is 43.9 Å². The smallest absolute Gasteiger partial charge is 0.322 e. The number of hydrogen-bond acceptors (Lipinski definition) is 5. The highest BCUT2D eigenvalue weighted by molar-refractivity contribution is 5.95. The van der Waals surface area contributed by atoms with E-state index >= 15 is 0 Å². The molecule has 4 rings (SSSR count). The number of carbonyl (C=O) groups excluding carboxylic acids is 1. The number of aromatic amines is 1. The van der Waals surface area contributed by atoms with E-state index in [1.165, 1.54) is 0 Å². The largest absolute Gasteiger partial charge is 0.497 e. The first-order chi connectivity index (χ1) is 17.1. The number of benzene rings is 2. The second-order valence-corrected chi connectivity index (χ2v) is 8.03. The minimum Gasteiger partial charge on any atom is -0.497 e. The molecular weight excluding hydrogens is 444 g/mol. The molecule has 0 saturated carbocycles. The van der Waals surface area contributed by atoms with Crippen LogP contribution in [0.3, 0.4) is 0 Å². The van der Waals surface area contributed by atoms with Crippen molar-refractivity contribution in [1.29, 1.82) is 0 Å². The number of aromatic nitrogens is 2. The maximum atomic E-state index is 13.2. The number of ether oxygens (including phenoxy) is 2. The Kier molecular flexibility index (Phi) is 7.84. The molecule has 0 unspecified atom stereocenters. The van der Waals surface area contributed by atoms with Gasteiger partial charge in [-0.25, -0.2) is 9.78 Å². The molecule has 0 aliphatic heterocycles. The van der Waals surface area contributed by atoms with Gasteiger partial charge in [-0.2, -0.15) is 0 Å². The minimum atomic E-state index is -0.230. The summed E-state index contributed by atoms with van der Waals surface area (Å²) >= 11 is 0. The van der Waals surface area contributed by atoms with E-state index in [1.807, 2.05) is 67.7 Å². The summed E-state index contributed by atoms with van der Waals surface area (Å²) in [6.45, 7) is 3.28. The van der Waals surface area contributed by atoms with E-state index < -0.39 is 0 Å². The van der Waals surface area contributed by atoms with E-state index in [4.69, 9.17) is 9.47 Å². The van der Waals surface area contributed by atoms with E-state index in [9.17, 15) is 9.90 Å². The van der Waals surface area contributed by atoms with Crippen LogP contribution in [-0.2, 0) is 6.54 Å². The van der Waals surface area contributed by atoms with Crippen LogP contribution >= 0.6 is 0 Å². The molecule has 182 valence electrons. The van der Waals surface area contributed by atoms with Crippen LogP contribution in [0, 0.1) is 0 Å². The van der Waals surface area contributed by atoms with E-state index in [0.717, 1.165) is 33.5 Å².